The average molecular weight is 431 g/mol. The molecule has 0 unspecified atom stereocenters. The highest BCUT2D eigenvalue weighted by Gasteiger charge is 2.27. The molecule has 2 nitrogen and oxygen atoms in total. The summed E-state index contributed by atoms with van der Waals surface area (Å²) in [4.78, 5) is 0. The van der Waals surface area contributed by atoms with Crippen LogP contribution in [0.5, 0.6) is 0 Å². The first kappa shape index (κ1) is 19.0. The van der Waals surface area contributed by atoms with Crippen molar-refractivity contribution in [2.24, 2.45) is 0 Å². The van der Waals surface area contributed by atoms with E-state index < -0.39 is 0 Å². The van der Waals surface area contributed by atoms with Crippen LogP contribution < -0.4 is 10.6 Å². The first-order chi connectivity index (χ1) is 14.7. The fourth-order valence-corrected chi connectivity index (χ4v) is 4.45. The van der Waals surface area contributed by atoms with Gasteiger partial charge in [-0.15, -0.1) is 0 Å². The first-order valence-electron chi connectivity index (χ1n) is 9.91. The van der Waals surface area contributed by atoms with E-state index in [0.29, 0.717) is 10.0 Å². The van der Waals surface area contributed by atoms with Crippen LogP contribution in [-0.4, -0.2) is 0 Å². The van der Waals surface area contributed by atoms with Crippen LogP contribution in [0.4, 0.5) is 11.4 Å². The summed E-state index contributed by atoms with van der Waals surface area (Å²) in [7, 11) is 0. The zero-order valence-electron chi connectivity index (χ0n) is 16.1. The van der Waals surface area contributed by atoms with Crippen molar-refractivity contribution in [2.45, 2.75) is 12.1 Å². The molecule has 2 N–H and O–H groups in total. The van der Waals surface area contributed by atoms with Crippen LogP contribution in [0.15, 0.2) is 97.1 Å². The van der Waals surface area contributed by atoms with Gasteiger partial charge < -0.3 is 10.6 Å². The number of nitrogens with one attached hydrogen (secondary N) is 2. The molecule has 148 valence electrons. The smallest absolute Gasteiger partial charge is 0.0788 e. The van der Waals surface area contributed by atoms with Gasteiger partial charge in [-0.2, -0.15) is 0 Å². The van der Waals surface area contributed by atoms with Gasteiger partial charge in [0.25, 0.3) is 0 Å². The Kier molecular flexibility index (Phi) is 5.12. The Hall–Kier alpha value is -2.94. The Morgan fingerprint density at radius 2 is 0.900 bits per heavy atom. The molecular formula is C26H20Cl2N2. The molecule has 0 amide bonds. The molecule has 0 bridgehead atoms. The predicted octanol–water partition coefficient (Wildman–Crippen LogP) is 7.71. The van der Waals surface area contributed by atoms with Gasteiger partial charge in [-0.05, 0) is 47.5 Å². The molecular weight excluding hydrogens is 411 g/mol. The average Bonchev–Trinajstić information content (AvgIpc) is 2.77. The van der Waals surface area contributed by atoms with Crippen molar-refractivity contribution in [2.75, 3.05) is 10.6 Å². The van der Waals surface area contributed by atoms with E-state index >= 15 is 0 Å². The summed E-state index contributed by atoms with van der Waals surface area (Å²) in [6, 6.07) is 32.8. The fourth-order valence-electron chi connectivity index (χ4n) is 4.09. The predicted molar refractivity (Wildman–Crippen MR) is 127 cm³/mol. The summed E-state index contributed by atoms with van der Waals surface area (Å²) in [5, 5.41) is 8.97. The summed E-state index contributed by atoms with van der Waals surface area (Å²) < 4.78 is 0. The minimum absolute atomic E-state index is 0.0518. The maximum absolute atomic E-state index is 6.42. The third-order valence-electron chi connectivity index (χ3n) is 5.51. The van der Waals surface area contributed by atoms with Crippen LogP contribution in [-0.2, 0) is 0 Å². The third-order valence-corrected chi connectivity index (χ3v) is 5.98. The van der Waals surface area contributed by atoms with Crippen molar-refractivity contribution in [3.63, 3.8) is 0 Å². The monoisotopic (exact) mass is 430 g/mol. The summed E-state index contributed by atoms with van der Waals surface area (Å²) in [6.45, 7) is 0. The second-order valence-corrected chi connectivity index (χ2v) is 8.31. The van der Waals surface area contributed by atoms with E-state index in [2.05, 4.69) is 71.3 Å². The number of rotatable bonds is 2. The quantitative estimate of drug-likeness (QED) is 0.340. The summed E-state index contributed by atoms with van der Waals surface area (Å²) in [6.07, 6.45) is 0. The van der Waals surface area contributed by atoms with Gasteiger partial charge in [-0.1, -0.05) is 83.9 Å². The number of benzene rings is 4. The van der Waals surface area contributed by atoms with Crippen LogP contribution in [0.25, 0.3) is 0 Å². The lowest BCUT2D eigenvalue weighted by Crippen LogP contribution is -2.23. The Morgan fingerprint density at radius 1 is 0.500 bits per heavy atom. The van der Waals surface area contributed by atoms with E-state index in [1.54, 1.807) is 0 Å². The van der Waals surface area contributed by atoms with Crippen molar-refractivity contribution in [3.8, 4) is 0 Å². The molecule has 0 radical (unpaired) electrons. The molecule has 1 heterocycles. The summed E-state index contributed by atoms with van der Waals surface area (Å²) in [5.41, 5.74) is 6.63. The number of anilines is 2. The van der Waals surface area contributed by atoms with E-state index in [-0.39, 0.29) is 12.1 Å². The van der Waals surface area contributed by atoms with Crippen LogP contribution >= 0.6 is 23.2 Å². The summed E-state index contributed by atoms with van der Waals surface area (Å²) in [5.74, 6) is 0. The van der Waals surface area contributed by atoms with E-state index in [0.717, 1.165) is 22.5 Å². The third kappa shape index (κ3) is 3.65. The van der Waals surface area contributed by atoms with Gasteiger partial charge in [-0.3, -0.25) is 0 Å². The molecule has 0 fully saturated rings. The second-order valence-electron chi connectivity index (χ2n) is 7.44. The zero-order valence-corrected chi connectivity index (χ0v) is 17.7. The molecule has 0 saturated carbocycles. The minimum Gasteiger partial charge on any atom is -0.374 e. The highest BCUT2D eigenvalue weighted by molar-refractivity contribution is 6.31. The van der Waals surface area contributed by atoms with Gasteiger partial charge in [0.15, 0.2) is 0 Å². The molecule has 2 atom stereocenters. The van der Waals surface area contributed by atoms with Crippen LogP contribution in [0, 0.1) is 0 Å². The van der Waals surface area contributed by atoms with Gasteiger partial charge >= 0.3 is 0 Å². The van der Waals surface area contributed by atoms with Crippen LogP contribution in [0.2, 0.25) is 10.0 Å². The molecule has 0 spiro atoms. The topological polar surface area (TPSA) is 24.1 Å². The van der Waals surface area contributed by atoms with E-state index in [4.69, 9.17) is 23.2 Å². The Morgan fingerprint density at radius 3 is 1.30 bits per heavy atom. The lowest BCUT2D eigenvalue weighted by Gasteiger charge is -2.33. The number of halogens is 2. The molecule has 30 heavy (non-hydrogen) atoms. The van der Waals surface area contributed by atoms with Gasteiger partial charge in [0, 0.05) is 32.5 Å². The number of hydrogen-bond donors (Lipinski definition) is 2. The molecule has 5 rings (SSSR count). The maximum Gasteiger partial charge on any atom is 0.0788 e. The Balaban J connectivity index is 1.73. The molecule has 4 aromatic rings. The molecule has 0 saturated heterocycles. The first-order valence-corrected chi connectivity index (χ1v) is 10.7. The lowest BCUT2D eigenvalue weighted by molar-refractivity contribution is 0.870. The SMILES string of the molecule is Clc1ccc2c(c1)[C@H](c1ccccc1)Nc1ccc(Cl)cc1[C@H](c1ccccc1)N2. The van der Waals surface area contributed by atoms with Crippen molar-refractivity contribution < 1.29 is 0 Å². The standard InChI is InChI=1S/C26H20Cl2N2/c27-19-11-13-23-21(15-19)25(17-7-3-1-4-8-17)29-24-14-12-20(28)16-22(24)26(30-23)18-9-5-2-6-10-18/h1-16,25-26,29-30H/t25-,26-/m0/s1. The van der Waals surface area contributed by atoms with E-state index in [1.165, 1.54) is 11.1 Å². The van der Waals surface area contributed by atoms with E-state index in [9.17, 15) is 0 Å². The number of hydrogen-bond acceptors (Lipinski definition) is 2. The van der Waals surface area contributed by atoms with Crippen molar-refractivity contribution in [1.82, 2.24) is 0 Å². The van der Waals surface area contributed by atoms with Crippen molar-refractivity contribution in [3.05, 3.63) is 129 Å². The molecule has 1 aliphatic rings. The highest BCUT2D eigenvalue weighted by atomic mass is 35.5. The zero-order chi connectivity index (χ0) is 20.5. The minimum atomic E-state index is -0.0518. The van der Waals surface area contributed by atoms with Crippen LogP contribution in [0.3, 0.4) is 0 Å². The van der Waals surface area contributed by atoms with Crippen molar-refractivity contribution in [1.29, 1.82) is 0 Å². The molecule has 0 aromatic heterocycles. The van der Waals surface area contributed by atoms with Gasteiger partial charge in [-0.25, -0.2) is 0 Å². The summed E-state index contributed by atoms with van der Waals surface area (Å²) >= 11 is 12.8. The molecule has 4 heteroatoms. The van der Waals surface area contributed by atoms with Gasteiger partial charge in [0.1, 0.15) is 0 Å². The Bertz CT molecular complexity index is 1080. The lowest BCUT2D eigenvalue weighted by atomic mass is 9.90. The van der Waals surface area contributed by atoms with Gasteiger partial charge in [0.2, 0.25) is 0 Å². The van der Waals surface area contributed by atoms with Crippen molar-refractivity contribution >= 4 is 34.6 Å². The van der Waals surface area contributed by atoms with Crippen LogP contribution in [0.1, 0.15) is 34.3 Å². The van der Waals surface area contributed by atoms with Gasteiger partial charge in [0.05, 0.1) is 12.1 Å². The van der Waals surface area contributed by atoms with E-state index in [1.807, 2.05) is 36.4 Å². The highest BCUT2D eigenvalue weighted by Crippen LogP contribution is 2.42. The number of fused-ring (bicyclic) bond motifs is 2. The molecule has 1 aliphatic heterocycles. The normalized spacial score (nSPS) is 17.5. The fraction of sp³-hybridized carbons (Fsp3) is 0.0769. The molecule has 4 aromatic carbocycles. The second kappa shape index (κ2) is 8.06. The molecule has 0 aliphatic carbocycles. The largest absolute Gasteiger partial charge is 0.374 e. The maximum atomic E-state index is 6.42. The Labute approximate surface area is 186 Å².